The van der Waals surface area contributed by atoms with Gasteiger partial charge in [0.1, 0.15) is 0 Å². The largest absolute Gasteiger partial charge is 0.380 e. The Morgan fingerprint density at radius 3 is 3.14 bits per heavy atom. The number of anilines is 1. The lowest BCUT2D eigenvalue weighted by molar-refractivity contribution is 0.628. The fourth-order valence-corrected chi connectivity index (χ4v) is 4.21. The molecule has 1 heterocycles. The van der Waals surface area contributed by atoms with Crippen LogP contribution in [-0.4, -0.2) is 12.3 Å². The smallest absolute Gasteiger partial charge is 0.0626 e. The van der Waals surface area contributed by atoms with E-state index in [-0.39, 0.29) is 0 Å². The van der Waals surface area contributed by atoms with Gasteiger partial charge in [-0.1, -0.05) is 18.2 Å². The van der Waals surface area contributed by atoms with E-state index in [1.165, 1.54) is 30.5 Å². The van der Waals surface area contributed by atoms with Crippen molar-refractivity contribution in [2.45, 2.75) is 30.1 Å². The van der Waals surface area contributed by atoms with Gasteiger partial charge in [0.2, 0.25) is 0 Å². The summed E-state index contributed by atoms with van der Waals surface area (Å²) in [6, 6.07) is 9.48. The highest BCUT2D eigenvalue weighted by atomic mass is 32.2. The van der Waals surface area contributed by atoms with E-state index in [1.54, 1.807) is 0 Å². The summed E-state index contributed by atoms with van der Waals surface area (Å²) in [5.74, 6) is 0. The highest BCUT2D eigenvalue weighted by molar-refractivity contribution is 7.99. The number of hydrogen-bond donors (Lipinski definition) is 1. The topological polar surface area (TPSA) is 12.0 Å². The van der Waals surface area contributed by atoms with Crippen molar-refractivity contribution in [3.63, 3.8) is 0 Å². The Balaban J connectivity index is 2.15. The molecular formula is C12H15NS. The van der Waals surface area contributed by atoms with Gasteiger partial charge in [-0.3, -0.25) is 0 Å². The lowest BCUT2D eigenvalue weighted by Crippen LogP contribution is -2.29. The Morgan fingerprint density at radius 2 is 2.29 bits per heavy atom. The summed E-state index contributed by atoms with van der Waals surface area (Å²) >= 11 is 2.03. The molecule has 74 valence electrons. The van der Waals surface area contributed by atoms with Gasteiger partial charge in [-0.25, -0.2) is 0 Å². The van der Waals surface area contributed by atoms with Crippen molar-refractivity contribution in [1.29, 1.82) is 0 Å². The van der Waals surface area contributed by atoms with Crippen molar-refractivity contribution in [1.82, 2.24) is 0 Å². The molecule has 1 saturated carbocycles. The van der Waals surface area contributed by atoms with Crippen LogP contribution in [-0.2, 0) is 4.75 Å². The van der Waals surface area contributed by atoms with Crippen LogP contribution in [0.5, 0.6) is 0 Å². The van der Waals surface area contributed by atoms with Crippen LogP contribution in [0.25, 0.3) is 0 Å². The molecular weight excluding hydrogens is 190 g/mol. The van der Waals surface area contributed by atoms with Crippen LogP contribution in [0.2, 0.25) is 0 Å². The third kappa shape index (κ3) is 0.924. The second-order valence-electron chi connectivity index (χ2n) is 4.23. The molecule has 1 aliphatic carbocycles. The maximum atomic E-state index is 3.67. The zero-order valence-corrected chi connectivity index (χ0v) is 9.23. The van der Waals surface area contributed by atoms with Crippen LogP contribution in [0, 0.1) is 0 Å². The van der Waals surface area contributed by atoms with Crippen molar-refractivity contribution in [3.8, 4) is 0 Å². The number of rotatable bonds is 1. The molecule has 0 aromatic heterocycles. The molecule has 0 bridgehead atoms. The molecule has 1 N–H and O–H groups in total. The number of benzene rings is 1. The van der Waals surface area contributed by atoms with Gasteiger partial charge in [0.05, 0.1) is 4.75 Å². The number of thioether (sulfide) groups is 1. The predicted octanol–water partition coefficient (Wildman–Crippen LogP) is 3.22. The van der Waals surface area contributed by atoms with Crippen molar-refractivity contribution in [2.75, 3.05) is 11.6 Å². The van der Waals surface area contributed by atoms with Crippen molar-refractivity contribution < 1.29 is 0 Å². The monoisotopic (exact) mass is 205 g/mol. The molecule has 2 atom stereocenters. The van der Waals surface area contributed by atoms with Crippen LogP contribution in [0.4, 0.5) is 5.69 Å². The van der Waals surface area contributed by atoms with E-state index >= 15 is 0 Å². The molecule has 1 aromatic carbocycles. The maximum Gasteiger partial charge on any atom is 0.0626 e. The van der Waals surface area contributed by atoms with Gasteiger partial charge >= 0.3 is 0 Å². The summed E-state index contributed by atoms with van der Waals surface area (Å²) in [6.07, 6.45) is 6.29. The highest BCUT2D eigenvalue weighted by Crippen LogP contribution is 2.55. The minimum atomic E-state index is 0.386. The highest BCUT2D eigenvalue weighted by Gasteiger charge is 2.49. The molecule has 2 heteroatoms. The standard InChI is InChI=1S/C12H15NS/c1-14-12-8-4-7-11(12)13-10-6-3-2-5-9(10)12/h2-3,5-6,11,13H,4,7-8H2,1H3. The zero-order valence-electron chi connectivity index (χ0n) is 8.42. The number of para-hydroxylation sites is 1. The van der Waals surface area contributed by atoms with Gasteiger partial charge in [-0.2, -0.15) is 11.8 Å². The first kappa shape index (κ1) is 8.66. The van der Waals surface area contributed by atoms with E-state index < -0.39 is 0 Å². The molecule has 2 unspecified atom stereocenters. The van der Waals surface area contributed by atoms with Gasteiger partial charge in [0.15, 0.2) is 0 Å². The van der Waals surface area contributed by atoms with E-state index in [9.17, 15) is 0 Å². The summed E-state index contributed by atoms with van der Waals surface area (Å²) in [7, 11) is 0. The van der Waals surface area contributed by atoms with Crippen LogP contribution in [0.15, 0.2) is 24.3 Å². The lowest BCUT2D eigenvalue weighted by atomic mass is 9.96. The average Bonchev–Trinajstić information content (AvgIpc) is 2.73. The molecule has 1 aliphatic heterocycles. The first-order valence-corrected chi connectivity index (χ1v) is 6.50. The summed E-state index contributed by atoms with van der Waals surface area (Å²) in [5.41, 5.74) is 2.90. The molecule has 1 aromatic rings. The second-order valence-corrected chi connectivity index (χ2v) is 5.37. The Bertz CT molecular complexity index is 363. The van der Waals surface area contributed by atoms with Gasteiger partial charge in [0.25, 0.3) is 0 Å². The molecule has 3 rings (SSSR count). The minimum Gasteiger partial charge on any atom is -0.380 e. The number of hydrogen-bond acceptors (Lipinski definition) is 2. The molecule has 0 amide bonds. The van der Waals surface area contributed by atoms with Crippen molar-refractivity contribution in [2.24, 2.45) is 0 Å². The molecule has 2 aliphatic rings. The molecule has 1 fully saturated rings. The summed E-state index contributed by atoms with van der Waals surface area (Å²) in [4.78, 5) is 0. The van der Waals surface area contributed by atoms with Crippen molar-refractivity contribution >= 4 is 17.4 Å². The van der Waals surface area contributed by atoms with Crippen molar-refractivity contribution in [3.05, 3.63) is 29.8 Å². The SMILES string of the molecule is CSC12CCCC1Nc1ccccc12. The zero-order chi connectivity index (χ0) is 9.60. The molecule has 14 heavy (non-hydrogen) atoms. The predicted molar refractivity (Wildman–Crippen MR) is 62.9 cm³/mol. The van der Waals surface area contributed by atoms with E-state index in [0.717, 1.165) is 0 Å². The fourth-order valence-electron chi connectivity index (χ4n) is 3.01. The molecule has 0 spiro atoms. The molecule has 1 nitrogen and oxygen atoms in total. The Labute approximate surface area is 89.3 Å². The first-order valence-electron chi connectivity index (χ1n) is 5.28. The summed E-state index contributed by atoms with van der Waals surface area (Å²) < 4.78 is 0.386. The van der Waals surface area contributed by atoms with E-state index in [4.69, 9.17) is 0 Å². The van der Waals surface area contributed by atoms with E-state index in [2.05, 4.69) is 35.8 Å². The van der Waals surface area contributed by atoms with E-state index in [1.807, 2.05) is 11.8 Å². The first-order chi connectivity index (χ1) is 6.87. The van der Waals surface area contributed by atoms with Gasteiger partial charge in [0, 0.05) is 11.7 Å². The molecule has 0 saturated heterocycles. The van der Waals surface area contributed by atoms with Gasteiger partial charge in [-0.15, -0.1) is 0 Å². The molecule has 0 radical (unpaired) electrons. The van der Waals surface area contributed by atoms with Crippen LogP contribution in [0.3, 0.4) is 0 Å². The summed E-state index contributed by atoms with van der Waals surface area (Å²) in [6.45, 7) is 0. The number of nitrogens with one attached hydrogen (secondary N) is 1. The van der Waals surface area contributed by atoms with Gasteiger partial charge < -0.3 is 5.32 Å². The maximum absolute atomic E-state index is 3.67. The third-order valence-corrected chi connectivity index (χ3v) is 5.12. The Morgan fingerprint density at radius 1 is 1.43 bits per heavy atom. The lowest BCUT2D eigenvalue weighted by Gasteiger charge is -2.27. The van der Waals surface area contributed by atoms with Crippen LogP contribution < -0.4 is 5.32 Å². The fraction of sp³-hybridized carbons (Fsp3) is 0.500. The third-order valence-electron chi connectivity index (χ3n) is 3.68. The number of fused-ring (bicyclic) bond motifs is 3. The average molecular weight is 205 g/mol. The second kappa shape index (κ2) is 2.93. The van der Waals surface area contributed by atoms with Gasteiger partial charge in [-0.05, 0) is 37.1 Å². The van der Waals surface area contributed by atoms with Crippen LogP contribution >= 0.6 is 11.8 Å². The van der Waals surface area contributed by atoms with E-state index in [0.29, 0.717) is 10.8 Å². The Hall–Kier alpha value is -0.630. The quantitative estimate of drug-likeness (QED) is 0.755. The normalized spacial score (nSPS) is 33.6. The summed E-state index contributed by atoms with van der Waals surface area (Å²) in [5, 5.41) is 3.67. The minimum absolute atomic E-state index is 0.386. The Kier molecular flexibility index (Phi) is 1.81. The van der Waals surface area contributed by atoms with Crippen LogP contribution in [0.1, 0.15) is 24.8 Å².